The second-order valence-corrected chi connectivity index (χ2v) is 10.1. The predicted molar refractivity (Wildman–Crippen MR) is 147 cm³/mol. The first kappa shape index (κ1) is 23.8. The summed E-state index contributed by atoms with van der Waals surface area (Å²) in [5.74, 6) is -0.749. The van der Waals surface area contributed by atoms with Crippen LogP contribution in [0.1, 0.15) is 70.0 Å². The summed E-state index contributed by atoms with van der Waals surface area (Å²) < 4.78 is 6.85. The van der Waals surface area contributed by atoms with Crippen molar-refractivity contribution in [3.05, 3.63) is 141 Å². The fourth-order valence-electron chi connectivity index (χ4n) is 6.05. The molecule has 4 aromatic carbocycles. The van der Waals surface area contributed by atoms with Gasteiger partial charge in [-0.3, -0.25) is 14.4 Å². The van der Waals surface area contributed by atoms with Gasteiger partial charge in [-0.25, -0.2) is 0 Å². The highest BCUT2D eigenvalue weighted by Crippen LogP contribution is 2.50. The molecule has 4 nitrogen and oxygen atoms in total. The van der Waals surface area contributed by atoms with Crippen molar-refractivity contribution in [3.63, 3.8) is 0 Å². The fourth-order valence-corrected chi connectivity index (χ4v) is 6.05. The molecule has 0 radical (unpaired) electrons. The minimum absolute atomic E-state index is 0.180. The lowest BCUT2D eigenvalue weighted by Gasteiger charge is -2.32. The quantitative estimate of drug-likeness (QED) is 0.285. The van der Waals surface area contributed by atoms with Crippen LogP contribution in [-0.2, 0) is 10.3 Å². The van der Waals surface area contributed by atoms with Gasteiger partial charge in [0.2, 0.25) is 11.6 Å². The van der Waals surface area contributed by atoms with Crippen molar-refractivity contribution in [1.29, 1.82) is 0 Å². The molecule has 186 valence electrons. The summed E-state index contributed by atoms with van der Waals surface area (Å²) in [6.07, 6.45) is 0. The first-order chi connectivity index (χ1) is 18.3. The van der Waals surface area contributed by atoms with E-state index >= 15 is 0 Å². The molecule has 0 atom stereocenters. The molecule has 0 unspecified atom stereocenters. The maximum absolute atomic E-state index is 14.3. The Bertz CT molecular complexity index is 1660. The zero-order valence-corrected chi connectivity index (χ0v) is 21.7. The number of ether oxygens (including phenoxy) is 1. The standard InChI is InChI=1S/C34H26O4/c1-19-11-9-12-20(2)27(19)28-30(35)23-15-5-6-16-24(23)31(28)38-34(29-21(3)13-10-14-22(29)4)32(36)25-17-7-8-18-26(25)33(34)37/h5-18H,1-4H3. The highest BCUT2D eigenvalue weighted by molar-refractivity contribution is 6.40. The number of rotatable bonds is 4. The van der Waals surface area contributed by atoms with Crippen LogP contribution in [0.15, 0.2) is 84.9 Å². The molecule has 4 heteroatoms. The Morgan fingerprint density at radius 2 is 0.974 bits per heavy atom. The topological polar surface area (TPSA) is 60.4 Å². The van der Waals surface area contributed by atoms with Crippen LogP contribution < -0.4 is 0 Å². The second kappa shape index (κ2) is 8.49. The number of fused-ring (bicyclic) bond motifs is 2. The molecule has 0 saturated heterocycles. The van der Waals surface area contributed by atoms with Crippen molar-refractivity contribution in [2.45, 2.75) is 33.3 Å². The number of hydrogen-bond acceptors (Lipinski definition) is 4. The number of carbonyl (C=O) groups excluding carboxylic acids is 3. The van der Waals surface area contributed by atoms with Crippen LogP contribution in [0.25, 0.3) is 11.3 Å². The molecule has 38 heavy (non-hydrogen) atoms. The summed E-state index contributed by atoms with van der Waals surface area (Å²) in [5.41, 5.74) is 4.80. The van der Waals surface area contributed by atoms with E-state index in [9.17, 15) is 14.4 Å². The molecular weight excluding hydrogens is 472 g/mol. The molecule has 0 fully saturated rings. The highest BCUT2D eigenvalue weighted by Gasteiger charge is 2.59. The summed E-state index contributed by atoms with van der Waals surface area (Å²) in [6.45, 7) is 7.66. The van der Waals surface area contributed by atoms with E-state index in [-0.39, 0.29) is 11.5 Å². The van der Waals surface area contributed by atoms with Crippen LogP contribution >= 0.6 is 0 Å². The monoisotopic (exact) mass is 498 g/mol. The van der Waals surface area contributed by atoms with Crippen LogP contribution in [0.4, 0.5) is 0 Å². The van der Waals surface area contributed by atoms with Gasteiger partial charge in [0, 0.05) is 27.8 Å². The van der Waals surface area contributed by atoms with Crippen LogP contribution in [0.3, 0.4) is 0 Å². The van der Waals surface area contributed by atoms with Gasteiger partial charge in [-0.1, -0.05) is 84.9 Å². The number of hydrogen-bond donors (Lipinski definition) is 0. The average Bonchev–Trinajstić information content (AvgIpc) is 3.29. The molecule has 0 heterocycles. The first-order valence-corrected chi connectivity index (χ1v) is 12.7. The minimum Gasteiger partial charge on any atom is -0.464 e. The number of ketones is 3. The molecule has 0 bridgehead atoms. The summed E-state index contributed by atoms with van der Waals surface area (Å²) in [4.78, 5) is 42.6. The second-order valence-electron chi connectivity index (χ2n) is 10.1. The Morgan fingerprint density at radius 1 is 0.526 bits per heavy atom. The molecule has 4 aromatic rings. The molecule has 0 aliphatic heterocycles. The van der Waals surface area contributed by atoms with Gasteiger partial charge in [-0.05, 0) is 55.5 Å². The summed E-state index contributed by atoms with van der Waals surface area (Å²) in [7, 11) is 0. The van der Waals surface area contributed by atoms with Gasteiger partial charge in [0.25, 0.3) is 5.60 Å². The van der Waals surface area contributed by atoms with Gasteiger partial charge in [0.1, 0.15) is 5.76 Å². The third-order valence-corrected chi connectivity index (χ3v) is 7.75. The molecule has 6 rings (SSSR count). The van der Waals surface area contributed by atoms with Crippen molar-refractivity contribution in [3.8, 4) is 0 Å². The summed E-state index contributed by atoms with van der Waals surface area (Å²) in [5, 5.41) is 0. The van der Waals surface area contributed by atoms with Crippen molar-refractivity contribution in [2.24, 2.45) is 0 Å². The van der Waals surface area contributed by atoms with Gasteiger partial charge >= 0.3 is 0 Å². The van der Waals surface area contributed by atoms with Crippen molar-refractivity contribution < 1.29 is 19.1 Å². The van der Waals surface area contributed by atoms with E-state index in [1.807, 2.05) is 82.3 Å². The smallest absolute Gasteiger partial charge is 0.259 e. The van der Waals surface area contributed by atoms with Crippen molar-refractivity contribution in [1.82, 2.24) is 0 Å². The Hall–Kier alpha value is -4.57. The minimum atomic E-state index is -1.95. The first-order valence-electron chi connectivity index (χ1n) is 12.7. The Morgan fingerprint density at radius 3 is 1.50 bits per heavy atom. The molecule has 0 N–H and O–H groups in total. The Balaban J connectivity index is 1.70. The van der Waals surface area contributed by atoms with Crippen LogP contribution in [0.2, 0.25) is 0 Å². The number of carbonyl (C=O) groups is 3. The lowest BCUT2D eigenvalue weighted by atomic mass is 9.82. The molecule has 0 spiro atoms. The van der Waals surface area contributed by atoms with E-state index in [4.69, 9.17) is 4.74 Å². The third-order valence-electron chi connectivity index (χ3n) is 7.75. The summed E-state index contributed by atoms with van der Waals surface area (Å²) >= 11 is 0. The Kier molecular flexibility index (Phi) is 5.32. The zero-order valence-electron chi connectivity index (χ0n) is 21.7. The zero-order chi connectivity index (χ0) is 26.8. The number of aryl methyl sites for hydroxylation is 4. The van der Waals surface area contributed by atoms with Crippen molar-refractivity contribution >= 4 is 28.7 Å². The van der Waals surface area contributed by atoms with Gasteiger partial charge in [0.15, 0.2) is 5.78 Å². The van der Waals surface area contributed by atoms with E-state index < -0.39 is 17.2 Å². The normalized spacial score (nSPS) is 15.6. The van der Waals surface area contributed by atoms with Gasteiger partial charge in [0.05, 0.1) is 5.57 Å². The lowest BCUT2D eigenvalue weighted by Crippen LogP contribution is -2.42. The largest absolute Gasteiger partial charge is 0.464 e. The molecule has 2 aliphatic rings. The van der Waals surface area contributed by atoms with Gasteiger partial charge in [-0.15, -0.1) is 0 Å². The molecule has 0 aromatic heterocycles. The molecule has 0 saturated carbocycles. The third kappa shape index (κ3) is 3.13. The summed E-state index contributed by atoms with van der Waals surface area (Å²) in [6, 6.07) is 25.6. The van der Waals surface area contributed by atoms with Crippen molar-refractivity contribution in [2.75, 3.05) is 0 Å². The average molecular weight is 499 g/mol. The van der Waals surface area contributed by atoms with E-state index in [1.54, 1.807) is 30.3 Å². The van der Waals surface area contributed by atoms with Gasteiger partial charge in [-0.2, -0.15) is 0 Å². The van der Waals surface area contributed by atoms with E-state index in [2.05, 4.69) is 0 Å². The van der Waals surface area contributed by atoms with E-state index in [1.165, 1.54) is 0 Å². The maximum Gasteiger partial charge on any atom is 0.259 e. The molecule has 2 aliphatic carbocycles. The van der Waals surface area contributed by atoms with Crippen LogP contribution in [-0.4, -0.2) is 17.3 Å². The maximum atomic E-state index is 14.3. The number of benzene rings is 4. The lowest BCUT2D eigenvalue weighted by molar-refractivity contribution is 0.0316. The SMILES string of the molecule is Cc1cccc(C)c1C1=C(OC2(c3c(C)cccc3C)C(=O)c3ccccc3C2=O)c2ccccc2C1=O. The number of Topliss-reactive ketones (excluding diaryl/α,β-unsaturated/α-hetero) is 3. The van der Waals surface area contributed by atoms with E-state index in [0.717, 1.165) is 27.8 Å². The predicted octanol–water partition coefficient (Wildman–Crippen LogP) is 6.98. The van der Waals surface area contributed by atoms with Crippen LogP contribution in [0.5, 0.6) is 0 Å². The Labute approximate surface area is 221 Å². The van der Waals surface area contributed by atoms with E-state index in [0.29, 0.717) is 33.4 Å². The highest BCUT2D eigenvalue weighted by atomic mass is 16.5. The fraction of sp³-hybridized carbons (Fsp3) is 0.147. The molecular formula is C34H26O4. The van der Waals surface area contributed by atoms with Crippen LogP contribution in [0, 0.1) is 27.7 Å². The molecule has 0 amide bonds. The number of allylic oxidation sites excluding steroid dienone is 1. The van der Waals surface area contributed by atoms with Gasteiger partial charge < -0.3 is 4.74 Å².